The monoisotopic (exact) mass is 376 g/mol. The summed E-state index contributed by atoms with van der Waals surface area (Å²) in [5, 5.41) is 6.61. The molecule has 0 bridgehead atoms. The highest BCUT2D eigenvalue weighted by molar-refractivity contribution is 7.09. The Balaban J connectivity index is 1.58. The molecule has 0 aliphatic carbocycles. The summed E-state index contributed by atoms with van der Waals surface area (Å²) in [6.45, 7) is 1.45. The Morgan fingerprint density at radius 2 is 1.96 bits per heavy atom. The molecule has 1 aromatic heterocycles. The number of amides is 3. The predicted octanol–water partition coefficient (Wildman–Crippen LogP) is 2.05. The van der Waals surface area contributed by atoms with Crippen LogP contribution in [0.1, 0.15) is 10.4 Å². The minimum atomic E-state index is -0.706. The van der Waals surface area contributed by atoms with Gasteiger partial charge in [0.25, 0.3) is 5.91 Å². The van der Waals surface area contributed by atoms with E-state index in [4.69, 9.17) is 9.47 Å². The molecule has 7 nitrogen and oxygen atoms in total. The van der Waals surface area contributed by atoms with Crippen LogP contribution in [0.4, 0.5) is 4.79 Å². The van der Waals surface area contributed by atoms with Gasteiger partial charge in [-0.2, -0.15) is 0 Å². The molecule has 0 aliphatic rings. The van der Waals surface area contributed by atoms with Gasteiger partial charge in [0.15, 0.2) is 13.2 Å². The van der Waals surface area contributed by atoms with Gasteiger partial charge < -0.3 is 14.8 Å². The SMILES string of the molecule is Cc1cccc(OCC(=O)OCC(=O)NC(=O)NCCc2cccs2)c1. The van der Waals surface area contributed by atoms with Crippen molar-refractivity contribution in [1.29, 1.82) is 0 Å². The van der Waals surface area contributed by atoms with Crippen LogP contribution in [0.5, 0.6) is 5.75 Å². The summed E-state index contributed by atoms with van der Waals surface area (Å²) >= 11 is 1.60. The fourth-order valence-corrected chi connectivity index (χ4v) is 2.71. The largest absolute Gasteiger partial charge is 0.482 e. The molecule has 0 saturated heterocycles. The number of carbonyl (C=O) groups is 3. The zero-order valence-electron chi connectivity index (χ0n) is 14.3. The van der Waals surface area contributed by atoms with Gasteiger partial charge in [0.1, 0.15) is 5.75 Å². The molecule has 2 N–H and O–H groups in total. The Hall–Kier alpha value is -2.87. The van der Waals surface area contributed by atoms with E-state index >= 15 is 0 Å². The number of carbonyl (C=O) groups excluding carboxylic acids is 3. The quantitative estimate of drug-likeness (QED) is 0.688. The summed E-state index contributed by atoms with van der Waals surface area (Å²) in [4.78, 5) is 35.9. The zero-order valence-corrected chi connectivity index (χ0v) is 15.1. The third-order valence-corrected chi connectivity index (χ3v) is 4.14. The normalized spacial score (nSPS) is 10.0. The third kappa shape index (κ3) is 7.35. The smallest absolute Gasteiger partial charge is 0.344 e. The molecule has 0 spiro atoms. The van der Waals surface area contributed by atoms with E-state index in [1.807, 2.05) is 30.5 Å². The van der Waals surface area contributed by atoms with Crippen LogP contribution in [0.3, 0.4) is 0 Å². The van der Waals surface area contributed by atoms with E-state index < -0.39 is 24.5 Å². The first-order valence-electron chi connectivity index (χ1n) is 7.98. The average molecular weight is 376 g/mol. The van der Waals surface area contributed by atoms with E-state index in [-0.39, 0.29) is 6.61 Å². The van der Waals surface area contributed by atoms with E-state index in [2.05, 4.69) is 10.6 Å². The molecule has 2 aromatic rings. The van der Waals surface area contributed by atoms with Crippen molar-refractivity contribution in [2.24, 2.45) is 0 Å². The first kappa shape index (κ1) is 19.5. The molecular weight excluding hydrogens is 356 g/mol. The van der Waals surface area contributed by atoms with Gasteiger partial charge in [-0.05, 0) is 42.5 Å². The van der Waals surface area contributed by atoms with Crippen LogP contribution in [-0.4, -0.2) is 37.7 Å². The van der Waals surface area contributed by atoms with Crippen molar-refractivity contribution in [3.05, 3.63) is 52.2 Å². The van der Waals surface area contributed by atoms with Gasteiger partial charge >= 0.3 is 12.0 Å². The van der Waals surface area contributed by atoms with Gasteiger partial charge in [0.05, 0.1) is 0 Å². The van der Waals surface area contributed by atoms with Crippen LogP contribution in [0.25, 0.3) is 0 Å². The first-order valence-corrected chi connectivity index (χ1v) is 8.86. The standard InChI is InChI=1S/C18H20N2O5S/c1-13-4-2-5-14(10-13)24-12-17(22)25-11-16(21)20-18(23)19-8-7-15-6-3-9-26-15/h2-6,9-10H,7-8,11-12H2,1H3,(H2,19,20,21,23). The number of benzene rings is 1. The average Bonchev–Trinajstić information content (AvgIpc) is 3.11. The van der Waals surface area contributed by atoms with Crippen molar-refractivity contribution in [1.82, 2.24) is 10.6 Å². The highest BCUT2D eigenvalue weighted by Crippen LogP contribution is 2.12. The molecule has 0 saturated carbocycles. The number of nitrogens with one attached hydrogen (secondary N) is 2. The zero-order chi connectivity index (χ0) is 18.8. The van der Waals surface area contributed by atoms with E-state index in [9.17, 15) is 14.4 Å². The third-order valence-electron chi connectivity index (χ3n) is 3.20. The molecule has 8 heteroatoms. The number of urea groups is 1. The van der Waals surface area contributed by atoms with Crippen LogP contribution < -0.4 is 15.4 Å². The molecule has 1 heterocycles. The molecule has 0 radical (unpaired) electrons. The minimum Gasteiger partial charge on any atom is -0.482 e. The molecule has 1 aromatic carbocycles. The van der Waals surface area contributed by atoms with E-state index in [0.717, 1.165) is 10.4 Å². The second-order valence-electron chi connectivity index (χ2n) is 5.40. The van der Waals surface area contributed by atoms with Gasteiger partial charge in [-0.15, -0.1) is 11.3 Å². The lowest BCUT2D eigenvalue weighted by molar-refractivity contribution is -0.150. The summed E-state index contributed by atoms with van der Waals surface area (Å²) < 4.78 is 10.0. The van der Waals surface area contributed by atoms with Crippen molar-refractivity contribution in [3.63, 3.8) is 0 Å². The fourth-order valence-electron chi connectivity index (χ4n) is 2.00. The molecule has 0 atom stereocenters. The Morgan fingerprint density at radius 1 is 1.12 bits per heavy atom. The number of esters is 1. The van der Waals surface area contributed by atoms with Crippen LogP contribution >= 0.6 is 11.3 Å². The lowest BCUT2D eigenvalue weighted by Gasteiger charge is -2.08. The molecule has 138 valence electrons. The number of hydrogen-bond acceptors (Lipinski definition) is 6. The first-order chi connectivity index (χ1) is 12.5. The topological polar surface area (TPSA) is 93.7 Å². The van der Waals surface area contributed by atoms with Gasteiger partial charge in [-0.3, -0.25) is 10.1 Å². The Kier molecular flexibility index (Phi) is 7.63. The molecule has 26 heavy (non-hydrogen) atoms. The molecule has 2 rings (SSSR count). The van der Waals surface area contributed by atoms with E-state index in [1.165, 1.54) is 0 Å². The van der Waals surface area contributed by atoms with Gasteiger partial charge in [-0.1, -0.05) is 18.2 Å². The van der Waals surface area contributed by atoms with Gasteiger partial charge in [0, 0.05) is 11.4 Å². The highest BCUT2D eigenvalue weighted by atomic mass is 32.1. The van der Waals surface area contributed by atoms with Crippen LogP contribution in [0.15, 0.2) is 41.8 Å². The van der Waals surface area contributed by atoms with Crippen molar-refractivity contribution >= 4 is 29.2 Å². The number of hydrogen-bond donors (Lipinski definition) is 2. The summed E-state index contributed by atoms with van der Waals surface area (Å²) in [7, 11) is 0. The van der Waals surface area contributed by atoms with Crippen LogP contribution in [-0.2, 0) is 20.7 Å². The Labute approximate surface area is 155 Å². The molecule has 0 unspecified atom stereocenters. The van der Waals surface area contributed by atoms with Crippen molar-refractivity contribution in [3.8, 4) is 5.75 Å². The summed E-state index contributed by atoms with van der Waals surface area (Å²) in [5.74, 6) is -0.862. The van der Waals surface area contributed by atoms with E-state index in [1.54, 1.807) is 29.5 Å². The number of thiophene rings is 1. The maximum Gasteiger partial charge on any atom is 0.344 e. The summed E-state index contributed by atoms with van der Waals surface area (Å²) in [6.07, 6.45) is 0.685. The molecular formula is C18H20N2O5S. The molecule has 0 fully saturated rings. The van der Waals surface area contributed by atoms with Gasteiger partial charge in [0.2, 0.25) is 0 Å². The Morgan fingerprint density at radius 3 is 2.69 bits per heavy atom. The Bertz CT molecular complexity index is 746. The lowest BCUT2D eigenvalue weighted by Crippen LogP contribution is -2.42. The number of rotatable bonds is 8. The highest BCUT2D eigenvalue weighted by Gasteiger charge is 2.11. The van der Waals surface area contributed by atoms with Crippen LogP contribution in [0, 0.1) is 6.92 Å². The summed E-state index contributed by atoms with van der Waals surface area (Å²) in [5.41, 5.74) is 1.00. The fraction of sp³-hybridized carbons (Fsp3) is 0.278. The predicted molar refractivity (Wildman–Crippen MR) is 97.2 cm³/mol. The maximum absolute atomic E-state index is 11.6. The number of ether oxygens (including phenoxy) is 2. The number of aryl methyl sites for hydroxylation is 1. The molecule has 3 amide bonds. The second kappa shape index (κ2) is 10.2. The second-order valence-corrected chi connectivity index (χ2v) is 6.43. The lowest BCUT2D eigenvalue weighted by atomic mass is 10.2. The van der Waals surface area contributed by atoms with Crippen molar-refractivity contribution in [2.75, 3.05) is 19.8 Å². The van der Waals surface area contributed by atoms with E-state index in [0.29, 0.717) is 18.7 Å². The van der Waals surface area contributed by atoms with Crippen molar-refractivity contribution in [2.45, 2.75) is 13.3 Å². The molecule has 0 aliphatic heterocycles. The van der Waals surface area contributed by atoms with Gasteiger partial charge in [-0.25, -0.2) is 9.59 Å². The van der Waals surface area contributed by atoms with Crippen molar-refractivity contribution < 1.29 is 23.9 Å². The summed E-state index contributed by atoms with van der Waals surface area (Å²) in [6, 6.07) is 10.5. The maximum atomic E-state index is 11.6. The minimum absolute atomic E-state index is 0.316. The van der Waals surface area contributed by atoms with Crippen LogP contribution in [0.2, 0.25) is 0 Å². The number of imide groups is 1.